The fourth-order valence-electron chi connectivity index (χ4n) is 2.23. The number of hydrogen-bond acceptors (Lipinski definition) is 3. The van der Waals surface area contributed by atoms with Gasteiger partial charge in [-0.15, -0.1) is 0 Å². The Morgan fingerprint density at radius 1 is 1.10 bits per heavy atom. The molecule has 2 N–H and O–H groups in total. The zero-order valence-corrected chi connectivity index (χ0v) is 11.3. The largest absolute Gasteiger partial charge is 0.508 e. The molecule has 4 heteroatoms. The summed E-state index contributed by atoms with van der Waals surface area (Å²) in [7, 11) is 0. The second kappa shape index (κ2) is 5.63. The molecule has 0 aliphatic heterocycles. The summed E-state index contributed by atoms with van der Waals surface area (Å²) in [5, 5.41) is 14.0. The Kier molecular flexibility index (Phi) is 3.51. The van der Waals surface area contributed by atoms with Crippen LogP contribution in [0.5, 0.6) is 5.75 Å². The predicted molar refractivity (Wildman–Crippen MR) is 81.0 cm³/mol. The van der Waals surface area contributed by atoms with E-state index in [-0.39, 0.29) is 11.7 Å². The van der Waals surface area contributed by atoms with Gasteiger partial charge in [-0.3, -0.25) is 9.78 Å². The highest BCUT2D eigenvalue weighted by Gasteiger charge is 2.10. The van der Waals surface area contributed by atoms with Crippen LogP contribution in [0.1, 0.15) is 16.1 Å². The first-order valence-electron chi connectivity index (χ1n) is 6.64. The van der Waals surface area contributed by atoms with Crippen molar-refractivity contribution in [2.24, 2.45) is 0 Å². The predicted octanol–water partition coefficient (Wildman–Crippen LogP) is 2.87. The summed E-state index contributed by atoms with van der Waals surface area (Å²) in [5.41, 5.74) is 1.25. The minimum Gasteiger partial charge on any atom is -0.508 e. The molecule has 3 aromatic rings. The van der Waals surface area contributed by atoms with Crippen molar-refractivity contribution in [1.82, 2.24) is 10.3 Å². The number of benzene rings is 2. The van der Waals surface area contributed by atoms with E-state index in [2.05, 4.69) is 10.3 Å². The number of phenolic OH excluding ortho intramolecular Hbond substituents is 1. The molecule has 0 atom stereocenters. The average Bonchev–Trinajstić information content (AvgIpc) is 2.52. The monoisotopic (exact) mass is 278 g/mol. The molecule has 0 aliphatic rings. The first-order valence-corrected chi connectivity index (χ1v) is 6.64. The molecule has 0 saturated heterocycles. The number of nitrogens with one attached hydrogen (secondary N) is 1. The molecule has 2 aromatic carbocycles. The Balaban J connectivity index is 1.81. The third-order valence-corrected chi connectivity index (χ3v) is 3.25. The van der Waals surface area contributed by atoms with Crippen molar-refractivity contribution in [1.29, 1.82) is 0 Å². The van der Waals surface area contributed by atoms with E-state index in [1.165, 1.54) is 0 Å². The van der Waals surface area contributed by atoms with Crippen LogP contribution in [0.3, 0.4) is 0 Å². The normalized spacial score (nSPS) is 10.5. The molecule has 4 nitrogen and oxygen atoms in total. The first kappa shape index (κ1) is 13.1. The molecular weight excluding hydrogens is 264 g/mol. The summed E-state index contributed by atoms with van der Waals surface area (Å²) < 4.78 is 0. The minimum absolute atomic E-state index is 0.185. The fraction of sp³-hybridized carbons (Fsp3) is 0.0588. The van der Waals surface area contributed by atoms with Gasteiger partial charge in [0.15, 0.2) is 0 Å². The van der Waals surface area contributed by atoms with Gasteiger partial charge in [-0.25, -0.2) is 0 Å². The van der Waals surface area contributed by atoms with Gasteiger partial charge in [-0.05, 0) is 29.1 Å². The van der Waals surface area contributed by atoms with Crippen molar-refractivity contribution in [2.75, 3.05) is 0 Å². The number of carbonyl (C=O) groups is 1. The van der Waals surface area contributed by atoms with Crippen LogP contribution >= 0.6 is 0 Å². The van der Waals surface area contributed by atoms with E-state index in [9.17, 15) is 9.90 Å². The van der Waals surface area contributed by atoms with Crippen LogP contribution in [0, 0.1) is 0 Å². The van der Waals surface area contributed by atoms with E-state index in [4.69, 9.17) is 0 Å². The Morgan fingerprint density at radius 2 is 1.95 bits per heavy atom. The lowest BCUT2D eigenvalue weighted by molar-refractivity contribution is 0.0947. The minimum atomic E-state index is -0.227. The summed E-state index contributed by atoms with van der Waals surface area (Å²) in [6.07, 6.45) is 1.63. The quantitative estimate of drug-likeness (QED) is 0.774. The molecule has 1 aromatic heterocycles. The van der Waals surface area contributed by atoms with Crippen molar-refractivity contribution >= 4 is 16.7 Å². The number of fused-ring (bicyclic) bond motifs is 1. The number of amides is 1. The molecule has 0 radical (unpaired) electrons. The van der Waals surface area contributed by atoms with E-state index >= 15 is 0 Å². The molecule has 0 spiro atoms. The zero-order chi connectivity index (χ0) is 14.7. The molecule has 1 heterocycles. The third kappa shape index (κ3) is 2.84. The van der Waals surface area contributed by atoms with Gasteiger partial charge in [0.1, 0.15) is 11.4 Å². The summed E-state index contributed by atoms with van der Waals surface area (Å²) in [4.78, 5) is 16.5. The van der Waals surface area contributed by atoms with Crippen LogP contribution in [0.25, 0.3) is 10.8 Å². The van der Waals surface area contributed by atoms with Crippen LogP contribution in [-0.2, 0) is 6.54 Å². The second-order valence-electron chi connectivity index (χ2n) is 4.73. The van der Waals surface area contributed by atoms with Crippen molar-refractivity contribution in [3.63, 3.8) is 0 Å². The maximum atomic E-state index is 12.3. The number of aromatic nitrogens is 1. The summed E-state index contributed by atoms with van der Waals surface area (Å²) in [5.74, 6) is -0.0415. The number of aromatic hydroxyl groups is 1. The lowest BCUT2D eigenvalue weighted by Gasteiger charge is -2.07. The Morgan fingerprint density at radius 3 is 2.81 bits per heavy atom. The summed E-state index contributed by atoms with van der Waals surface area (Å²) >= 11 is 0. The Labute approximate surface area is 122 Å². The fourth-order valence-corrected chi connectivity index (χ4v) is 2.23. The lowest BCUT2D eigenvalue weighted by Crippen LogP contribution is -2.24. The summed E-state index contributed by atoms with van der Waals surface area (Å²) in [6.45, 7) is 0.345. The highest BCUT2D eigenvalue weighted by atomic mass is 16.3. The third-order valence-electron chi connectivity index (χ3n) is 3.25. The summed E-state index contributed by atoms with van der Waals surface area (Å²) in [6, 6.07) is 16.3. The molecule has 0 fully saturated rings. The maximum absolute atomic E-state index is 12.3. The van der Waals surface area contributed by atoms with Gasteiger partial charge < -0.3 is 10.4 Å². The zero-order valence-electron chi connectivity index (χ0n) is 11.3. The molecule has 0 unspecified atom stereocenters. The number of rotatable bonds is 3. The molecule has 21 heavy (non-hydrogen) atoms. The first-order chi connectivity index (χ1) is 10.2. The highest BCUT2D eigenvalue weighted by Crippen LogP contribution is 2.16. The molecular formula is C17H14N2O2. The van der Waals surface area contributed by atoms with Gasteiger partial charge in [0, 0.05) is 18.1 Å². The van der Waals surface area contributed by atoms with E-state index < -0.39 is 0 Å². The second-order valence-corrected chi connectivity index (χ2v) is 4.73. The van der Waals surface area contributed by atoms with Gasteiger partial charge >= 0.3 is 0 Å². The van der Waals surface area contributed by atoms with Gasteiger partial charge in [0.25, 0.3) is 5.91 Å². The van der Waals surface area contributed by atoms with E-state index in [1.54, 1.807) is 24.4 Å². The number of nitrogens with zero attached hydrogens (tertiary/aromatic N) is 1. The lowest BCUT2D eigenvalue weighted by atomic mass is 10.1. The molecule has 0 aliphatic carbocycles. The van der Waals surface area contributed by atoms with Crippen molar-refractivity contribution < 1.29 is 9.90 Å². The van der Waals surface area contributed by atoms with Crippen molar-refractivity contribution in [3.8, 4) is 5.75 Å². The standard InChI is InChI=1S/C17H14N2O2/c20-14-6-3-4-12(10-14)11-19-17(21)16-15-7-2-1-5-13(15)8-9-18-16/h1-10,20H,11H2,(H,19,21). The van der Waals surface area contributed by atoms with Crippen molar-refractivity contribution in [2.45, 2.75) is 6.54 Å². The van der Waals surface area contributed by atoms with Gasteiger partial charge in [-0.1, -0.05) is 36.4 Å². The SMILES string of the molecule is O=C(NCc1cccc(O)c1)c1nccc2ccccc12. The smallest absolute Gasteiger partial charge is 0.270 e. The van der Waals surface area contributed by atoms with Crippen LogP contribution in [-0.4, -0.2) is 16.0 Å². The van der Waals surface area contributed by atoms with Crippen LogP contribution in [0.2, 0.25) is 0 Å². The molecule has 1 amide bonds. The molecule has 3 rings (SSSR count). The van der Waals surface area contributed by atoms with E-state index in [0.717, 1.165) is 16.3 Å². The van der Waals surface area contributed by atoms with Gasteiger partial charge in [0.2, 0.25) is 0 Å². The molecule has 104 valence electrons. The van der Waals surface area contributed by atoms with Gasteiger partial charge in [-0.2, -0.15) is 0 Å². The Hall–Kier alpha value is -2.88. The molecule has 0 saturated carbocycles. The number of pyridine rings is 1. The Bertz CT molecular complexity index is 794. The van der Waals surface area contributed by atoms with E-state index in [0.29, 0.717) is 12.2 Å². The molecule has 0 bridgehead atoms. The average molecular weight is 278 g/mol. The van der Waals surface area contributed by atoms with Gasteiger partial charge in [0.05, 0.1) is 0 Å². The number of hydrogen-bond donors (Lipinski definition) is 2. The number of carbonyl (C=O) groups excluding carboxylic acids is 1. The highest BCUT2D eigenvalue weighted by molar-refractivity contribution is 6.05. The van der Waals surface area contributed by atoms with Crippen molar-refractivity contribution in [3.05, 3.63) is 72.1 Å². The van der Waals surface area contributed by atoms with Crippen LogP contribution < -0.4 is 5.32 Å². The van der Waals surface area contributed by atoms with E-state index in [1.807, 2.05) is 36.4 Å². The van der Waals surface area contributed by atoms with Crippen LogP contribution in [0.4, 0.5) is 0 Å². The maximum Gasteiger partial charge on any atom is 0.270 e. The topological polar surface area (TPSA) is 62.2 Å². The number of phenols is 1. The van der Waals surface area contributed by atoms with Crippen LogP contribution in [0.15, 0.2) is 60.8 Å².